The summed E-state index contributed by atoms with van der Waals surface area (Å²) in [7, 11) is 0. The van der Waals surface area contributed by atoms with E-state index in [4.69, 9.17) is 14.8 Å². The van der Waals surface area contributed by atoms with Crippen LogP contribution in [0.2, 0.25) is 0 Å². The van der Waals surface area contributed by atoms with Gasteiger partial charge < -0.3 is 13.9 Å². The molecule has 0 radical (unpaired) electrons. The summed E-state index contributed by atoms with van der Waals surface area (Å²) in [4.78, 5) is 4.90. The molecule has 0 aliphatic carbocycles. The molecule has 0 N–H and O–H groups in total. The van der Waals surface area contributed by atoms with Gasteiger partial charge in [-0.05, 0) is 85.5 Å². The van der Waals surface area contributed by atoms with E-state index in [1.807, 2.05) is 16.9 Å². The second-order valence-electron chi connectivity index (χ2n) is 21.9. The average Bonchev–Trinajstić information content (AvgIpc) is 3.85. The Kier molecular flexibility index (Phi) is 12.4. The Morgan fingerprint density at radius 2 is 1.21 bits per heavy atom. The third-order valence-electron chi connectivity index (χ3n) is 12.6. The zero-order valence-electron chi connectivity index (χ0n) is 41.2. The first-order chi connectivity index (χ1) is 31.1. The summed E-state index contributed by atoms with van der Waals surface area (Å²) in [6.45, 7) is 29.1. The Labute approximate surface area is 412 Å². The van der Waals surface area contributed by atoms with E-state index in [2.05, 4.69) is 239 Å². The van der Waals surface area contributed by atoms with Crippen molar-refractivity contribution in [2.45, 2.75) is 112 Å². The topological polar surface area (TPSA) is 48.8 Å². The van der Waals surface area contributed by atoms with E-state index < -0.39 is 0 Å². The zero-order valence-corrected chi connectivity index (χ0v) is 43.4. The minimum Gasteiger partial charge on any atom is -0.510 e. The van der Waals surface area contributed by atoms with Crippen molar-refractivity contribution in [3.05, 3.63) is 180 Å². The predicted molar refractivity (Wildman–Crippen MR) is 271 cm³/mol. The van der Waals surface area contributed by atoms with Crippen LogP contribution in [0.25, 0.3) is 61.5 Å². The number of aromatic nitrogens is 5. The van der Waals surface area contributed by atoms with Gasteiger partial charge in [0.25, 0.3) is 6.33 Å². The Morgan fingerprint density at radius 1 is 0.567 bits per heavy atom. The molecule has 0 atom stereocenters. The van der Waals surface area contributed by atoms with E-state index in [1.54, 1.807) is 0 Å². The Bertz CT molecular complexity index is 3240. The maximum absolute atomic E-state index is 6.91. The largest absolute Gasteiger partial charge is 0.510 e. The summed E-state index contributed by atoms with van der Waals surface area (Å²) in [5.41, 5.74) is 12.3. The van der Waals surface area contributed by atoms with Crippen molar-refractivity contribution in [2.24, 2.45) is 0 Å². The van der Waals surface area contributed by atoms with Crippen LogP contribution in [-0.2, 0) is 42.7 Å². The molecule has 0 aliphatic rings. The summed E-state index contributed by atoms with van der Waals surface area (Å²) in [6, 6.07) is 52.5. The SMILES string of the molecule is Cc1cccc(-c2ccccc2)c1-c1n[n+](-c2cc(C(C)(C)C)cc(C(C)(C)C)c2)[c-]n1-c1[c-]c(Oc2[c-]c3c(cc2)c2ccccc2n3-c2cc(C(C)(C)C)ccn2)cc(C(C)(C)C)c1.[Pt]. The molecular weight excluding hydrogens is 1000 g/mol. The molecule has 0 unspecified atom stereocenters. The monoisotopic (exact) mass is 1060 g/mol. The molecule has 3 heterocycles. The molecule has 6 nitrogen and oxygen atoms in total. The number of hydrogen-bond donors (Lipinski definition) is 0. The molecule has 0 fully saturated rings. The van der Waals surface area contributed by atoms with Gasteiger partial charge in [-0.3, -0.25) is 0 Å². The van der Waals surface area contributed by atoms with Crippen LogP contribution < -0.4 is 9.42 Å². The van der Waals surface area contributed by atoms with Crippen LogP contribution >= 0.6 is 0 Å². The Hall–Kier alpha value is -6.10. The fourth-order valence-corrected chi connectivity index (χ4v) is 8.61. The number of pyridine rings is 1. The molecule has 0 saturated carbocycles. The molecule has 6 aromatic carbocycles. The molecule has 0 amide bonds. The maximum Gasteiger partial charge on any atom is 0.272 e. The van der Waals surface area contributed by atoms with Gasteiger partial charge in [0.2, 0.25) is 0 Å². The van der Waals surface area contributed by atoms with Gasteiger partial charge in [0, 0.05) is 49.8 Å². The molecule has 67 heavy (non-hydrogen) atoms. The van der Waals surface area contributed by atoms with Gasteiger partial charge in [-0.2, -0.15) is 22.4 Å². The number of hydrogen-bond acceptors (Lipinski definition) is 3. The number of nitrogens with zero attached hydrogens (tertiary/aromatic N) is 5. The fourth-order valence-electron chi connectivity index (χ4n) is 8.61. The number of aryl methyl sites for hydroxylation is 1. The minimum atomic E-state index is -0.233. The van der Waals surface area contributed by atoms with Gasteiger partial charge in [0.05, 0.1) is 5.69 Å². The van der Waals surface area contributed by atoms with E-state index in [-0.39, 0.29) is 42.7 Å². The Morgan fingerprint density at radius 3 is 1.88 bits per heavy atom. The van der Waals surface area contributed by atoms with Crippen molar-refractivity contribution in [1.29, 1.82) is 0 Å². The van der Waals surface area contributed by atoms with Gasteiger partial charge in [-0.1, -0.05) is 179 Å². The van der Waals surface area contributed by atoms with Gasteiger partial charge in [-0.25, -0.2) is 4.98 Å². The molecule has 0 bridgehead atoms. The van der Waals surface area contributed by atoms with Gasteiger partial charge in [0.1, 0.15) is 5.82 Å². The third kappa shape index (κ3) is 9.43. The maximum atomic E-state index is 6.91. The van der Waals surface area contributed by atoms with Crippen LogP contribution in [0, 0.1) is 25.4 Å². The van der Waals surface area contributed by atoms with Crippen LogP contribution in [0.3, 0.4) is 0 Å². The number of ether oxygens (including phenoxy) is 1. The van der Waals surface area contributed by atoms with Crippen LogP contribution in [0.1, 0.15) is 111 Å². The van der Waals surface area contributed by atoms with Crippen molar-refractivity contribution in [3.8, 4) is 51.2 Å². The molecular formula is C60H61N5OPt-2. The second kappa shape index (κ2) is 17.5. The molecule has 344 valence electrons. The molecule has 0 spiro atoms. The van der Waals surface area contributed by atoms with Crippen LogP contribution in [0.5, 0.6) is 11.5 Å². The Balaban J connectivity index is 0.00000608. The van der Waals surface area contributed by atoms with Crippen molar-refractivity contribution >= 4 is 21.8 Å². The molecule has 3 aromatic heterocycles. The van der Waals surface area contributed by atoms with Crippen molar-refractivity contribution in [1.82, 2.24) is 19.2 Å². The van der Waals surface area contributed by atoms with E-state index in [0.29, 0.717) is 11.5 Å². The number of rotatable bonds is 7. The first-order valence-electron chi connectivity index (χ1n) is 23.1. The number of para-hydroxylation sites is 1. The summed E-state index contributed by atoms with van der Waals surface area (Å²) < 4.78 is 13.1. The van der Waals surface area contributed by atoms with E-state index in [1.165, 1.54) is 16.7 Å². The first kappa shape index (κ1) is 47.4. The van der Waals surface area contributed by atoms with Gasteiger partial charge in [-0.15, -0.1) is 34.8 Å². The van der Waals surface area contributed by atoms with E-state index in [0.717, 1.165) is 72.6 Å². The standard InChI is InChI=1S/C60H61N5O.Pt/c1-39-20-19-24-49(40-21-15-14-16-22-40)55(39)56-62-64(46-32-42(58(5,6)7)30-43(33-46)59(8,9)10)38-63(56)45-31-44(60(11,12)13)34-48(36-45)66-47-26-27-51-50-23-17-18-25-52(50)65(53(51)37-47)54-35-41(28-29-61-54)57(2,3)4;/h14-35H,1-13H3;/q-2;. The summed E-state index contributed by atoms with van der Waals surface area (Å²) in [5.74, 6) is 2.74. The van der Waals surface area contributed by atoms with Gasteiger partial charge in [0.15, 0.2) is 5.82 Å². The number of benzene rings is 6. The summed E-state index contributed by atoms with van der Waals surface area (Å²) in [5, 5.41) is 7.70. The smallest absolute Gasteiger partial charge is 0.272 e. The molecule has 9 aromatic rings. The average molecular weight is 1060 g/mol. The summed E-state index contributed by atoms with van der Waals surface area (Å²) >= 11 is 0. The predicted octanol–water partition coefficient (Wildman–Crippen LogP) is 14.7. The fraction of sp³-hybridized carbons (Fsp3) is 0.283. The minimum absolute atomic E-state index is 0. The third-order valence-corrected chi connectivity index (χ3v) is 12.6. The zero-order chi connectivity index (χ0) is 46.9. The second-order valence-corrected chi connectivity index (χ2v) is 21.9. The van der Waals surface area contributed by atoms with Crippen molar-refractivity contribution in [2.75, 3.05) is 0 Å². The quantitative estimate of drug-likeness (QED) is 0.118. The molecule has 9 rings (SSSR count). The molecule has 7 heteroatoms. The number of fused-ring (bicyclic) bond motifs is 3. The van der Waals surface area contributed by atoms with Crippen molar-refractivity contribution in [3.63, 3.8) is 0 Å². The van der Waals surface area contributed by atoms with Crippen LogP contribution in [0.15, 0.2) is 134 Å². The first-order valence-corrected chi connectivity index (χ1v) is 23.1. The summed E-state index contributed by atoms with van der Waals surface area (Å²) in [6.07, 6.45) is 5.65. The van der Waals surface area contributed by atoms with E-state index >= 15 is 0 Å². The van der Waals surface area contributed by atoms with Crippen LogP contribution in [0.4, 0.5) is 0 Å². The molecule has 0 saturated heterocycles. The van der Waals surface area contributed by atoms with E-state index in [9.17, 15) is 0 Å². The normalized spacial score (nSPS) is 12.4. The van der Waals surface area contributed by atoms with Crippen molar-refractivity contribution < 1.29 is 30.5 Å². The molecule has 0 aliphatic heterocycles. The van der Waals surface area contributed by atoms with Gasteiger partial charge >= 0.3 is 0 Å². The van der Waals surface area contributed by atoms with Crippen LogP contribution in [-0.4, -0.2) is 19.2 Å².